The van der Waals surface area contributed by atoms with Crippen LogP contribution in [0.5, 0.6) is 0 Å². The van der Waals surface area contributed by atoms with E-state index in [-0.39, 0.29) is 16.9 Å². The molecule has 3 N–H and O–H groups in total. The number of carbonyl (C=O) groups excluding carboxylic acids is 1. The van der Waals surface area contributed by atoms with Crippen molar-refractivity contribution >= 4 is 11.6 Å². The number of rotatable bonds is 5. The van der Waals surface area contributed by atoms with E-state index in [1.807, 2.05) is 12.1 Å². The number of hydrogen-bond acceptors (Lipinski definition) is 5. The van der Waals surface area contributed by atoms with E-state index < -0.39 is 29.2 Å². The van der Waals surface area contributed by atoms with Crippen molar-refractivity contribution in [1.29, 1.82) is 0 Å². The van der Waals surface area contributed by atoms with Crippen LogP contribution in [0.15, 0.2) is 83.9 Å². The molecule has 178 valence electrons. The summed E-state index contributed by atoms with van der Waals surface area (Å²) in [5.41, 5.74) is 6.36. The van der Waals surface area contributed by atoms with Crippen molar-refractivity contribution in [2.75, 3.05) is 5.73 Å². The zero-order valence-corrected chi connectivity index (χ0v) is 18.5. The van der Waals surface area contributed by atoms with Crippen molar-refractivity contribution in [2.45, 2.75) is 19.1 Å². The Morgan fingerprint density at radius 2 is 1.80 bits per heavy atom. The molecule has 4 rings (SSSR count). The van der Waals surface area contributed by atoms with Crippen molar-refractivity contribution in [3.8, 4) is 16.8 Å². The van der Waals surface area contributed by atoms with Crippen molar-refractivity contribution in [3.05, 3.63) is 106 Å². The summed E-state index contributed by atoms with van der Waals surface area (Å²) < 4.78 is 40.5. The highest BCUT2D eigenvalue weighted by atomic mass is 19.4. The van der Waals surface area contributed by atoms with Gasteiger partial charge in [-0.05, 0) is 60.5 Å². The summed E-state index contributed by atoms with van der Waals surface area (Å²) in [6.45, 7) is 1.53. The number of pyridine rings is 1. The maximum atomic E-state index is 13.1. The number of aromatic nitrogens is 3. The Balaban J connectivity index is 1.61. The molecule has 0 radical (unpaired) electrons. The summed E-state index contributed by atoms with van der Waals surface area (Å²) >= 11 is 0. The van der Waals surface area contributed by atoms with Crippen LogP contribution in [0.1, 0.15) is 34.6 Å². The number of amides is 1. The van der Waals surface area contributed by atoms with Crippen LogP contribution in [0.4, 0.5) is 18.9 Å². The number of nitrogens with two attached hydrogens (primary N) is 1. The van der Waals surface area contributed by atoms with Crippen molar-refractivity contribution in [1.82, 2.24) is 20.1 Å². The van der Waals surface area contributed by atoms with Crippen LogP contribution in [0.25, 0.3) is 16.8 Å². The fourth-order valence-electron chi connectivity index (χ4n) is 3.51. The highest BCUT2D eigenvalue weighted by Gasteiger charge is 2.31. The van der Waals surface area contributed by atoms with Gasteiger partial charge < -0.3 is 11.1 Å². The molecule has 1 atom stereocenters. The van der Waals surface area contributed by atoms with Gasteiger partial charge in [0.1, 0.15) is 5.69 Å². The van der Waals surface area contributed by atoms with Crippen LogP contribution in [-0.2, 0) is 6.18 Å². The number of hydrogen-bond donors (Lipinski definition) is 2. The number of carbonyl (C=O) groups is 1. The number of anilines is 1. The van der Waals surface area contributed by atoms with Crippen LogP contribution >= 0.6 is 0 Å². The average Bonchev–Trinajstić information content (AvgIpc) is 2.84. The average molecular weight is 479 g/mol. The maximum absolute atomic E-state index is 13.1. The first-order valence-corrected chi connectivity index (χ1v) is 10.5. The fraction of sp³-hybridized carbons (Fsp3) is 0.120. The predicted molar refractivity (Wildman–Crippen MR) is 125 cm³/mol. The largest absolute Gasteiger partial charge is 0.416 e. The molecule has 0 unspecified atom stereocenters. The van der Waals surface area contributed by atoms with Gasteiger partial charge in [-0.25, -0.2) is 0 Å². The summed E-state index contributed by atoms with van der Waals surface area (Å²) in [7, 11) is 0. The first-order valence-electron chi connectivity index (χ1n) is 10.5. The topological polar surface area (TPSA) is 103 Å². The third-order valence-electron chi connectivity index (χ3n) is 5.27. The molecule has 0 aliphatic rings. The summed E-state index contributed by atoms with van der Waals surface area (Å²) in [6.07, 6.45) is -1.24. The number of alkyl halides is 3. The normalized spacial score (nSPS) is 12.2. The molecule has 0 aliphatic carbocycles. The summed E-state index contributed by atoms with van der Waals surface area (Å²) in [6, 6.07) is 15.4. The molecule has 10 heteroatoms. The lowest BCUT2D eigenvalue weighted by Gasteiger charge is -2.17. The molecule has 2 aromatic carbocycles. The quantitative estimate of drug-likeness (QED) is 0.414. The second-order valence-corrected chi connectivity index (χ2v) is 7.84. The molecule has 0 saturated heterocycles. The predicted octanol–water partition coefficient (Wildman–Crippen LogP) is 4.39. The zero-order chi connectivity index (χ0) is 25.2. The van der Waals surface area contributed by atoms with Gasteiger partial charge in [-0.1, -0.05) is 18.2 Å². The number of nitrogens with one attached hydrogen (secondary N) is 1. The number of nitrogens with zero attached hydrogens (tertiary/aromatic N) is 3. The minimum absolute atomic E-state index is 0.0731. The molecular formula is C25H20F3N5O2. The second-order valence-electron chi connectivity index (χ2n) is 7.84. The van der Waals surface area contributed by atoms with E-state index in [1.54, 1.807) is 36.7 Å². The van der Waals surface area contributed by atoms with E-state index in [0.717, 1.165) is 27.9 Å². The first-order chi connectivity index (χ1) is 16.6. The van der Waals surface area contributed by atoms with Crippen LogP contribution in [0.2, 0.25) is 0 Å². The Morgan fingerprint density at radius 1 is 1.03 bits per heavy atom. The molecule has 35 heavy (non-hydrogen) atoms. The van der Waals surface area contributed by atoms with E-state index in [0.29, 0.717) is 5.69 Å². The summed E-state index contributed by atoms with van der Waals surface area (Å²) in [5, 5.41) is 6.78. The lowest BCUT2D eigenvalue weighted by atomic mass is 10.0. The molecule has 2 aromatic heterocycles. The minimum atomic E-state index is -4.57. The van der Waals surface area contributed by atoms with E-state index in [4.69, 9.17) is 5.73 Å². The Hall–Kier alpha value is -4.47. The highest BCUT2D eigenvalue weighted by molar-refractivity contribution is 5.92. The van der Waals surface area contributed by atoms with Crippen molar-refractivity contribution < 1.29 is 18.0 Å². The Kier molecular flexibility index (Phi) is 6.37. The zero-order valence-electron chi connectivity index (χ0n) is 18.5. The number of nitrogen functional groups attached to an aromatic ring is 1. The molecule has 1 amide bonds. The third kappa shape index (κ3) is 5.37. The number of halogens is 3. The van der Waals surface area contributed by atoms with Gasteiger partial charge in [-0.3, -0.25) is 14.6 Å². The number of benzene rings is 2. The third-order valence-corrected chi connectivity index (χ3v) is 5.27. The standard InChI is InChI=1S/C25H20F3N5O2/c1-15(18-10-19(25(26,27)28)13-20(29)11-18)31-24(35)22-7-8-23(34)33(32-22)21-6-2-4-16(12-21)17-5-3-9-30-14-17/h2-15H,29H2,1H3,(H,31,35)/t15-/m1/s1. The monoisotopic (exact) mass is 479 g/mol. The maximum Gasteiger partial charge on any atom is 0.416 e. The van der Waals surface area contributed by atoms with Crippen molar-refractivity contribution in [2.24, 2.45) is 0 Å². The SMILES string of the molecule is C[C@@H](NC(=O)c1ccc(=O)n(-c2cccc(-c3cccnc3)c2)n1)c1cc(N)cc(C(F)(F)F)c1. The molecule has 7 nitrogen and oxygen atoms in total. The van der Waals surface area contributed by atoms with E-state index in [9.17, 15) is 22.8 Å². The van der Waals surface area contributed by atoms with Gasteiger partial charge in [0.15, 0.2) is 0 Å². The van der Waals surface area contributed by atoms with E-state index in [2.05, 4.69) is 15.4 Å². The lowest BCUT2D eigenvalue weighted by Crippen LogP contribution is -2.30. The van der Waals surface area contributed by atoms with Gasteiger partial charge >= 0.3 is 6.18 Å². The van der Waals surface area contributed by atoms with Gasteiger partial charge in [0.2, 0.25) is 0 Å². The Labute approximate surface area is 198 Å². The summed E-state index contributed by atoms with van der Waals surface area (Å²) in [4.78, 5) is 29.4. The van der Waals surface area contributed by atoms with E-state index in [1.165, 1.54) is 25.1 Å². The molecule has 0 spiro atoms. The molecule has 2 heterocycles. The van der Waals surface area contributed by atoms with Crippen LogP contribution < -0.4 is 16.6 Å². The molecule has 0 saturated carbocycles. The second kappa shape index (κ2) is 9.41. The van der Waals surface area contributed by atoms with Gasteiger partial charge in [-0.15, -0.1) is 0 Å². The first kappa shape index (κ1) is 23.7. The minimum Gasteiger partial charge on any atom is -0.399 e. The van der Waals surface area contributed by atoms with Gasteiger partial charge in [0, 0.05) is 29.7 Å². The van der Waals surface area contributed by atoms with Crippen LogP contribution in [0.3, 0.4) is 0 Å². The van der Waals surface area contributed by atoms with Gasteiger partial charge in [-0.2, -0.15) is 23.0 Å². The Morgan fingerprint density at radius 3 is 2.51 bits per heavy atom. The Bertz CT molecular complexity index is 1440. The lowest BCUT2D eigenvalue weighted by molar-refractivity contribution is -0.137. The molecule has 0 fully saturated rings. The molecule has 4 aromatic rings. The highest BCUT2D eigenvalue weighted by Crippen LogP contribution is 2.32. The summed E-state index contributed by atoms with van der Waals surface area (Å²) in [5.74, 6) is -0.661. The molecule has 0 aliphatic heterocycles. The smallest absolute Gasteiger partial charge is 0.399 e. The van der Waals surface area contributed by atoms with Crippen LogP contribution in [0, 0.1) is 0 Å². The van der Waals surface area contributed by atoms with Crippen molar-refractivity contribution in [3.63, 3.8) is 0 Å². The van der Waals surface area contributed by atoms with E-state index >= 15 is 0 Å². The molecule has 0 bridgehead atoms. The molecular weight excluding hydrogens is 459 g/mol. The van der Waals surface area contributed by atoms with Gasteiger partial charge in [0.05, 0.1) is 17.3 Å². The fourth-order valence-corrected chi connectivity index (χ4v) is 3.51. The van der Waals surface area contributed by atoms with Crippen LogP contribution in [-0.4, -0.2) is 20.7 Å². The van der Waals surface area contributed by atoms with Gasteiger partial charge in [0.25, 0.3) is 11.5 Å².